The third-order valence-electron chi connectivity index (χ3n) is 5.88. The van der Waals surface area contributed by atoms with Crippen LogP contribution in [0, 0.1) is 27.6 Å². The number of ether oxygens (including phenoxy) is 1. The van der Waals surface area contributed by atoms with Crippen molar-refractivity contribution in [2.24, 2.45) is 16.2 Å². The molecule has 0 amide bonds. The van der Waals surface area contributed by atoms with Crippen molar-refractivity contribution in [2.75, 3.05) is 0 Å². The Morgan fingerprint density at radius 3 is 2.36 bits per heavy atom. The average Bonchev–Trinajstić information content (AvgIpc) is 3.05. The van der Waals surface area contributed by atoms with E-state index < -0.39 is 22.2 Å². The van der Waals surface area contributed by atoms with Gasteiger partial charge in [-0.2, -0.15) is 5.26 Å². The molecule has 1 aliphatic rings. The number of aliphatic carboxylic acids is 1. The van der Waals surface area contributed by atoms with Gasteiger partial charge in [0.05, 0.1) is 6.07 Å². The van der Waals surface area contributed by atoms with E-state index in [1.165, 1.54) is 6.08 Å². The van der Waals surface area contributed by atoms with Crippen LogP contribution in [-0.4, -0.2) is 11.1 Å². The number of hydrogen-bond acceptors (Lipinski definition) is 3. The highest BCUT2D eigenvalue weighted by Gasteiger charge is 2.86. The summed E-state index contributed by atoms with van der Waals surface area (Å²) in [6, 6.07) is 18.7. The summed E-state index contributed by atoms with van der Waals surface area (Å²) in [7, 11) is 0. The van der Waals surface area contributed by atoms with E-state index in [4.69, 9.17) is 27.9 Å². The van der Waals surface area contributed by atoms with Gasteiger partial charge in [0.2, 0.25) is 0 Å². The fraction of sp³-hybridized carbons (Fsp3) is 0.273. The van der Waals surface area contributed by atoms with E-state index in [1.807, 2.05) is 36.4 Å². The average molecular weight is 416 g/mol. The quantitative estimate of drug-likeness (QED) is 0.631. The monoisotopic (exact) mass is 415 g/mol. The van der Waals surface area contributed by atoms with Gasteiger partial charge in [-0.15, -0.1) is 0 Å². The molecule has 4 nitrogen and oxygen atoms in total. The summed E-state index contributed by atoms with van der Waals surface area (Å²) in [6.45, 7) is 3.50. The van der Waals surface area contributed by atoms with Crippen molar-refractivity contribution >= 4 is 29.2 Å². The summed E-state index contributed by atoms with van der Waals surface area (Å²) in [6.07, 6.45) is 1.50. The minimum atomic E-state index is -1.35. The molecular weight excluding hydrogens is 397 g/mol. The third kappa shape index (κ3) is 2.96. The number of hydrogen-bond donors (Lipinski definition) is 1. The topological polar surface area (TPSA) is 70.3 Å². The lowest BCUT2D eigenvalue weighted by Crippen LogP contribution is -2.26. The van der Waals surface area contributed by atoms with Gasteiger partial charge in [-0.3, -0.25) is 4.79 Å². The van der Waals surface area contributed by atoms with Gasteiger partial charge in [-0.1, -0.05) is 67.4 Å². The Kier molecular flexibility index (Phi) is 5.18. The molecule has 2 aromatic carbocycles. The predicted molar refractivity (Wildman–Crippen MR) is 108 cm³/mol. The summed E-state index contributed by atoms with van der Waals surface area (Å²) in [5.41, 5.74) is -2.76. The van der Waals surface area contributed by atoms with E-state index in [0.29, 0.717) is 11.5 Å². The highest BCUT2D eigenvalue weighted by molar-refractivity contribution is 6.56. The predicted octanol–water partition coefficient (Wildman–Crippen LogP) is 5.96. The van der Waals surface area contributed by atoms with Crippen molar-refractivity contribution in [1.82, 2.24) is 0 Å². The molecule has 1 saturated carbocycles. The fourth-order valence-corrected chi connectivity index (χ4v) is 4.59. The van der Waals surface area contributed by atoms with E-state index in [-0.39, 0.29) is 10.9 Å². The summed E-state index contributed by atoms with van der Waals surface area (Å²) in [5.74, 6) is 0.220. The Morgan fingerprint density at radius 1 is 1.14 bits per heavy atom. The van der Waals surface area contributed by atoms with Crippen LogP contribution >= 0.6 is 23.2 Å². The van der Waals surface area contributed by atoms with Crippen LogP contribution in [0.5, 0.6) is 11.5 Å². The number of allylic oxidation sites excluding steroid dienone is 1. The Morgan fingerprint density at radius 2 is 1.79 bits per heavy atom. The zero-order chi connectivity index (χ0) is 20.6. The third-order valence-corrected chi connectivity index (χ3v) is 6.10. The summed E-state index contributed by atoms with van der Waals surface area (Å²) in [5, 5.41) is 19.9. The number of carboxylic acids is 1. The molecule has 0 heterocycles. The van der Waals surface area contributed by atoms with Crippen molar-refractivity contribution in [3.63, 3.8) is 0 Å². The van der Waals surface area contributed by atoms with Crippen LogP contribution in [0.4, 0.5) is 0 Å². The maximum atomic E-state index is 12.3. The number of rotatable bonds is 6. The maximum Gasteiger partial charge on any atom is 0.312 e. The van der Waals surface area contributed by atoms with Crippen LogP contribution in [0.3, 0.4) is 0 Å². The standard InChI is InChI=1S/C22H19Cl2NO3/c1-20(2)21(14-25,13-18(23)24)22(20,19(26)27)12-15-7-6-10-17(11-15)28-16-8-4-3-5-9-16/h3-11,13H,12H2,1-2H3,(H,26,27). The van der Waals surface area contributed by atoms with Crippen molar-refractivity contribution in [1.29, 1.82) is 5.26 Å². The summed E-state index contributed by atoms with van der Waals surface area (Å²) in [4.78, 5) is 12.3. The molecule has 1 fully saturated rings. The van der Waals surface area contributed by atoms with Gasteiger partial charge in [-0.25, -0.2) is 0 Å². The molecule has 2 aromatic rings. The van der Waals surface area contributed by atoms with Gasteiger partial charge in [0, 0.05) is 5.41 Å². The van der Waals surface area contributed by atoms with Crippen molar-refractivity contribution in [3.05, 3.63) is 70.7 Å². The van der Waals surface area contributed by atoms with Crippen molar-refractivity contribution in [2.45, 2.75) is 20.3 Å². The zero-order valence-corrected chi connectivity index (χ0v) is 17.0. The first-order valence-corrected chi connectivity index (χ1v) is 9.46. The first-order valence-electron chi connectivity index (χ1n) is 8.70. The number of nitriles is 1. The number of carboxylic acid groups (broad SMARTS) is 1. The number of halogens is 2. The Hall–Kier alpha value is -2.48. The van der Waals surface area contributed by atoms with Gasteiger partial charge in [-0.05, 0) is 42.3 Å². The molecule has 6 heteroatoms. The number of carbonyl (C=O) groups is 1. The molecule has 0 aliphatic heterocycles. The molecule has 2 unspecified atom stereocenters. The first kappa shape index (κ1) is 20.3. The number of para-hydroxylation sites is 1. The molecule has 144 valence electrons. The van der Waals surface area contributed by atoms with E-state index in [9.17, 15) is 15.2 Å². The first-order chi connectivity index (χ1) is 13.2. The molecule has 1 aliphatic carbocycles. The number of nitrogens with zero attached hydrogens (tertiary/aromatic N) is 1. The zero-order valence-electron chi connectivity index (χ0n) is 15.4. The van der Waals surface area contributed by atoms with E-state index in [1.54, 1.807) is 32.0 Å². The molecular formula is C22H19Cl2NO3. The molecule has 28 heavy (non-hydrogen) atoms. The molecule has 3 rings (SSSR count). The molecule has 0 saturated heterocycles. The lowest BCUT2D eigenvalue weighted by atomic mass is 9.86. The molecule has 0 spiro atoms. The van der Waals surface area contributed by atoms with E-state index >= 15 is 0 Å². The molecule has 0 radical (unpaired) electrons. The van der Waals surface area contributed by atoms with Crippen LogP contribution in [-0.2, 0) is 11.2 Å². The Bertz CT molecular complexity index is 977. The van der Waals surface area contributed by atoms with Crippen LogP contribution in [0.25, 0.3) is 0 Å². The van der Waals surface area contributed by atoms with E-state index in [0.717, 1.165) is 5.56 Å². The second-order valence-corrected chi connectivity index (χ2v) is 8.44. The molecule has 0 bridgehead atoms. The highest BCUT2D eigenvalue weighted by atomic mass is 35.5. The summed E-state index contributed by atoms with van der Waals surface area (Å²) >= 11 is 11.6. The van der Waals surface area contributed by atoms with E-state index in [2.05, 4.69) is 6.07 Å². The molecule has 0 aromatic heterocycles. The van der Waals surface area contributed by atoms with Gasteiger partial charge in [0.1, 0.15) is 26.8 Å². The normalized spacial score (nSPS) is 24.7. The summed E-state index contributed by atoms with van der Waals surface area (Å²) < 4.78 is 5.73. The Labute approximate surface area is 174 Å². The molecule has 2 atom stereocenters. The second kappa shape index (κ2) is 7.16. The van der Waals surface area contributed by atoms with Gasteiger partial charge in [0.25, 0.3) is 0 Å². The SMILES string of the molecule is CC1(C)C(C#N)(C=C(Cl)Cl)C1(Cc1cccc(Oc2ccccc2)c1)C(=O)O. The van der Waals surface area contributed by atoms with Gasteiger partial charge >= 0.3 is 5.97 Å². The van der Waals surface area contributed by atoms with Gasteiger partial charge in [0.15, 0.2) is 0 Å². The van der Waals surface area contributed by atoms with Crippen molar-refractivity contribution < 1.29 is 14.6 Å². The van der Waals surface area contributed by atoms with Crippen molar-refractivity contribution in [3.8, 4) is 17.6 Å². The van der Waals surface area contributed by atoms with Crippen LogP contribution < -0.4 is 4.74 Å². The lowest BCUT2D eigenvalue weighted by Gasteiger charge is -2.16. The van der Waals surface area contributed by atoms with Crippen LogP contribution in [0.2, 0.25) is 0 Å². The largest absolute Gasteiger partial charge is 0.481 e. The maximum absolute atomic E-state index is 12.3. The number of benzene rings is 2. The lowest BCUT2D eigenvalue weighted by molar-refractivity contribution is -0.145. The van der Waals surface area contributed by atoms with Gasteiger partial charge < -0.3 is 9.84 Å². The molecule has 1 N–H and O–H groups in total. The second-order valence-electron chi connectivity index (χ2n) is 7.43. The smallest absolute Gasteiger partial charge is 0.312 e. The van der Waals surface area contributed by atoms with Crippen LogP contribution in [0.15, 0.2) is 65.2 Å². The minimum Gasteiger partial charge on any atom is -0.481 e. The Balaban J connectivity index is 1.97. The minimum absolute atomic E-state index is 0.112. The fourth-order valence-electron chi connectivity index (χ4n) is 4.26. The highest BCUT2D eigenvalue weighted by Crippen LogP contribution is 2.80. The van der Waals surface area contributed by atoms with Crippen LogP contribution in [0.1, 0.15) is 19.4 Å².